The SMILES string of the molecule is COc1cc2c(cc1OCCCOc1cc3c(cc1OC)C(=O)N1CCC[C@H]1[C@H](O)N3C(=O)O)N=C[C@@H]1CCCN1C2=O. The number of amides is 3. The number of methoxy groups -OCH3 is 2. The van der Waals surface area contributed by atoms with Gasteiger partial charge in [-0.2, -0.15) is 0 Å². The second-order valence-corrected chi connectivity index (χ2v) is 10.9. The summed E-state index contributed by atoms with van der Waals surface area (Å²) in [6.45, 7) is 1.55. The molecule has 0 aromatic heterocycles. The number of fused-ring (bicyclic) bond motifs is 4. The molecule has 0 bridgehead atoms. The average molecular weight is 595 g/mol. The zero-order chi connectivity index (χ0) is 30.2. The van der Waals surface area contributed by atoms with Gasteiger partial charge in [-0.3, -0.25) is 14.6 Å². The number of carbonyl (C=O) groups is 3. The standard InChI is InChI=1S/C30H34N4O9/c1-40-23-12-18-20(31-16-17-6-3-8-32(17)27(18)35)14-25(23)42-10-5-11-43-26-15-22-19(13-24(26)41-2)28(36)33-9-4-7-21(33)29(37)34(22)30(38)39/h12-17,21,29,37H,3-11H2,1-2H3,(H,38,39)/t17-,21-,29-/m0/s1. The third-order valence-electron chi connectivity index (χ3n) is 8.41. The van der Waals surface area contributed by atoms with Crippen molar-refractivity contribution in [3.63, 3.8) is 0 Å². The van der Waals surface area contributed by atoms with E-state index in [9.17, 15) is 24.6 Å². The lowest BCUT2D eigenvalue weighted by molar-refractivity contribution is 0.0511. The highest BCUT2D eigenvalue weighted by atomic mass is 16.5. The van der Waals surface area contributed by atoms with E-state index in [-0.39, 0.29) is 53.8 Å². The molecule has 2 fully saturated rings. The number of aliphatic hydroxyl groups excluding tert-OH is 1. The summed E-state index contributed by atoms with van der Waals surface area (Å²) in [5.41, 5.74) is 1.16. The number of ether oxygens (including phenoxy) is 4. The molecule has 0 aliphatic carbocycles. The Morgan fingerprint density at radius 2 is 1.51 bits per heavy atom. The van der Waals surface area contributed by atoms with Crippen molar-refractivity contribution in [2.75, 3.05) is 45.4 Å². The lowest BCUT2D eigenvalue weighted by Gasteiger charge is -2.30. The van der Waals surface area contributed by atoms with Crippen molar-refractivity contribution >= 4 is 35.5 Å². The first-order valence-corrected chi connectivity index (χ1v) is 14.4. The predicted octanol–water partition coefficient (Wildman–Crippen LogP) is 3.29. The molecule has 2 N–H and O–H groups in total. The van der Waals surface area contributed by atoms with Gasteiger partial charge in [-0.25, -0.2) is 9.69 Å². The molecule has 2 aromatic rings. The molecule has 3 amide bonds. The largest absolute Gasteiger partial charge is 0.493 e. The molecule has 2 saturated heterocycles. The van der Waals surface area contributed by atoms with Gasteiger partial charge in [0.1, 0.15) is 0 Å². The second-order valence-electron chi connectivity index (χ2n) is 10.9. The first-order chi connectivity index (χ1) is 20.8. The van der Waals surface area contributed by atoms with E-state index in [0.717, 1.165) is 17.7 Å². The summed E-state index contributed by atoms with van der Waals surface area (Å²) in [6, 6.07) is 5.61. The Labute approximate surface area is 248 Å². The number of hydrogen-bond acceptors (Lipinski definition) is 9. The molecule has 4 aliphatic rings. The van der Waals surface area contributed by atoms with Crippen LogP contribution in [-0.4, -0.2) is 103 Å². The molecule has 3 atom stereocenters. The van der Waals surface area contributed by atoms with E-state index in [1.165, 1.54) is 31.3 Å². The normalized spacial score (nSPS) is 22.3. The maximum Gasteiger partial charge on any atom is 0.414 e. The Bertz CT molecular complexity index is 1480. The van der Waals surface area contributed by atoms with Crippen molar-refractivity contribution in [1.29, 1.82) is 0 Å². The molecule has 0 radical (unpaired) electrons. The van der Waals surface area contributed by atoms with Crippen LogP contribution >= 0.6 is 0 Å². The van der Waals surface area contributed by atoms with Crippen LogP contribution in [0.3, 0.4) is 0 Å². The number of hydrogen-bond donors (Lipinski definition) is 2. The molecule has 13 heteroatoms. The van der Waals surface area contributed by atoms with E-state index >= 15 is 0 Å². The van der Waals surface area contributed by atoms with Gasteiger partial charge in [0.25, 0.3) is 11.8 Å². The highest BCUT2D eigenvalue weighted by Gasteiger charge is 2.45. The highest BCUT2D eigenvalue weighted by molar-refractivity contribution is 6.06. The zero-order valence-electron chi connectivity index (χ0n) is 24.0. The molecule has 228 valence electrons. The van der Waals surface area contributed by atoms with Crippen LogP contribution in [0.15, 0.2) is 29.3 Å². The fourth-order valence-corrected chi connectivity index (χ4v) is 6.28. The molecule has 43 heavy (non-hydrogen) atoms. The van der Waals surface area contributed by atoms with Crippen LogP contribution < -0.4 is 23.8 Å². The number of benzene rings is 2. The predicted molar refractivity (Wildman–Crippen MR) is 154 cm³/mol. The zero-order valence-corrected chi connectivity index (χ0v) is 24.0. The second kappa shape index (κ2) is 11.6. The van der Waals surface area contributed by atoms with E-state index in [1.807, 2.05) is 11.1 Å². The summed E-state index contributed by atoms with van der Waals surface area (Å²) in [6.07, 6.45) is 2.48. The van der Waals surface area contributed by atoms with Crippen molar-refractivity contribution in [2.24, 2.45) is 4.99 Å². The minimum absolute atomic E-state index is 0.00141. The van der Waals surface area contributed by atoms with E-state index in [0.29, 0.717) is 55.1 Å². The maximum atomic E-state index is 13.3. The summed E-state index contributed by atoms with van der Waals surface area (Å²) in [4.78, 5) is 47.3. The minimum Gasteiger partial charge on any atom is -0.493 e. The van der Waals surface area contributed by atoms with Crippen LogP contribution in [0, 0.1) is 0 Å². The molecule has 2 aromatic carbocycles. The quantitative estimate of drug-likeness (QED) is 0.439. The molecule has 0 spiro atoms. The van der Waals surface area contributed by atoms with Gasteiger partial charge in [-0.15, -0.1) is 0 Å². The number of carboxylic acid groups (broad SMARTS) is 1. The Balaban J connectivity index is 1.16. The molecule has 6 rings (SSSR count). The Morgan fingerprint density at radius 1 is 0.884 bits per heavy atom. The lowest BCUT2D eigenvalue weighted by atomic mass is 10.1. The van der Waals surface area contributed by atoms with Crippen LogP contribution in [-0.2, 0) is 0 Å². The van der Waals surface area contributed by atoms with E-state index in [1.54, 1.807) is 12.1 Å². The number of nitrogens with zero attached hydrogens (tertiary/aromatic N) is 4. The number of anilines is 1. The van der Waals surface area contributed by atoms with Crippen molar-refractivity contribution in [3.05, 3.63) is 35.4 Å². The lowest BCUT2D eigenvalue weighted by Crippen LogP contribution is -2.50. The van der Waals surface area contributed by atoms with Gasteiger partial charge in [0.2, 0.25) is 0 Å². The van der Waals surface area contributed by atoms with Gasteiger partial charge in [-0.05, 0) is 37.8 Å². The van der Waals surface area contributed by atoms with Crippen molar-refractivity contribution < 1.29 is 43.5 Å². The molecule has 13 nitrogen and oxygen atoms in total. The molecule has 0 unspecified atom stereocenters. The van der Waals surface area contributed by atoms with Crippen molar-refractivity contribution in [2.45, 2.75) is 50.4 Å². The summed E-state index contributed by atoms with van der Waals surface area (Å²) in [5, 5.41) is 20.9. The van der Waals surface area contributed by atoms with Crippen LogP contribution in [0.5, 0.6) is 23.0 Å². The van der Waals surface area contributed by atoms with Gasteiger partial charge in [0.05, 0.1) is 62.0 Å². The van der Waals surface area contributed by atoms with Gasteiger partial charge >= 0.3 is 6.09 Å². The third-order valence-corrected chi connectivity index (χ3v) is 8.41. The fraction of sp³-hybridized carbons (Fsp3) is 0.467. The average Bonchev–Trinajstić information content (AvgIpc) is 3.65. The molecule has 0 saturated carbocycles. The third kappa shape index (κ3) is 5.07. The number of carbonyl (C=O) groups excluding carboxylic acids is 2. The minimum atomic E-state index is -1.41. The summed E-state index contributed by atoms with van der Waals surface area (Å²) >= 11 is 0. The van der Waals surface area contributed by atoms with Gasteiger partial charge in [0.15, 0.2) is 29.2 Å². The van der Waals surface area contributed by atoms with E-state index in [2.05, 4.69) is 4.99 Å². The topological polar surface area (TPSA) is 151 Å². The summed E-state index contributed by atoms with van der Waals surface area (Å²) in [7, 11) is 2.95. The van der Waals surface area contributed by atoms with Gasteiger partial charge in [0, 0.05) is 37.9 Å². The maximum absolute atomic E-state index is 13.3. The number of aliphatic imine (C=N–C) groups is 1. The monoisotopic (exact) mass is 594 g/mol. The van der Waals surface area contributed by atoms with Crippen LogP contribution in [0.25, 0.3) is 0 Å². The number of rotatable bonds is 8. The number of aliphatic hydroxyl groups is 1. The van der Waals surface area contributed by atoms with Crippen LogP contribution in [0.2, 0.25) is 0 Å². The van der Waals surface area contributed by atoms with Gasteiger partial charge in [-0.1, -0.05) is 0 Å². The Kier molecular flexibility index (Phi) is 7.74. The molecule has 4 aliphatic heterocycles. The molecule has 4 heterocycles. The summed E-state index contributed by atoms with van der Waals surface area (Å²) in [5.74, 6) is 0.928. The van der Waals surface area contributed by atoms with Crippen LogP contribution in [0.4, 0.5) is 16.2 Å². The first-order valence-electron chi connectivity index (χ1n) is 14.4. The highest BCUT2D eigenvalue weighted by Crippen LogP contribution is 2.41. The van der Waals surface area contributed by atoms with E-state index < -0.39 is 18.4 Å². The van der Waals surface area contributed by atoms with Crippen molar-refractivity contribution in [1.82, 2.24) is 9.80 Å². The van der Waals surface area contributed by atoms with E-state index in [4.69, 9.17) is 18.9 Å². The summed E-state index contributed by atoms with van der Waals surface area (Å²) < 4.78 is 22.9. The van der Waals surface area contributed by atoms with Gasteiger partial charge < -0.3 is 39.0 Å². The Hall–Kier alpha value is -4.52. The Morgan fingerprint density at radius 3 is 2.21 bits per heavy atom. The van der Waals surface area contributed by atoms with Crippen LogP contribution in [0.1, 0.15) is 52.8 Å². The fourth-order valence-electron chi connectivity index (χ4n) is 6.28. The first kappa shape index (κ1) is 28.6. The van der Waals surface area contributed by atoms with Crippen molar-refractivity contribution in [3.8, 4) is 23.0 Å². The molecular weight excluding hydrogens is 560 g/mol. The smallest absolute Gasteiger partial charge is 0.414 e. The molecular formula is C30H34N4O9.